The molecule has 0 radical (unpaired) electrons. The summed E-state index contributed by atoms with van der Waals surface area (Å²) in [5.74, 6) is 2.80. The summed E-state index contributed by atoms with van der Waals surface area (Å²) in [5.41, 5.74) is 2.13. The van der Waals surface area contributed by atoms with E-state index in [9.17, 15) is 0 Å². The van der Waals surface area contributed by atoms with Crippen molar-refractivity contribution in [1.29, 1.82) is 0 Å². The van der Waals surface area contributed by atoms with Crippen LogP contribution in [-0.4, -0.2) is 19.9 Å². The van der Waals surface area contributed by atoms with Gasteiger partial charge in [-0.05, 0) is 38.1 Å². The van der Waals surface area contributed by atoms with Gasteiger partial charge in [0.25, 0.3) is 0 Å². The summed E-state index contributed by atoms with van der Waals surface area (Å²) in [5, 5.41) is 16.1. The molecule has 1 aliphatic rings. The smallest absolute Gasteiger partial charge is 0.191 e. The van der Waals surface area contributed by atoms with Gasteiger partial charge in [-0.3, -0.25) is 0 Å². The van der Waals surface area contributed by atoms with Crippen LogP contribution in [0.1, 0.15) is 46.6 Å². The van der Waals surface area contributed by atoms with E-state index < -0.39 is 0 Å². The quantitative estimate of drug-likeness (QED) is 0.627. The van der Waals surface area contributed by atoms with Gasteiger partial charge in [0.2, 0.25) is 0 Å². The number of aromatic nitrogens is 4. The molecule has 3 heterocycles. The fourth-order valence-corrected chi connectivity index (χ4v) is 4.52. The van der Waals surface area contributed by atoms with Gasteiger partial charge >= 0.3 is 0 Å². The average molecular weight is 346 g/mol. The number of rotatable bonds is 6. The zero-order valence-electron chi connectivity index (χ0n) is 13.2. The zero-order valence-corrected chi connectivity index (χ0v) is 14.8. The van der Waals surface area contributed by atoms with Crippen LogP contribution in [0, 0.1) is 13.8 Å². The Morgan fingerprint density at radius 3 is 2.87 bits per heavy atom. The van der Waals surface area contributed by atoms with Crippen molar-refractivity contribution >= 4 is 23.1 Å². The minimum absolute atomic E-state index is 0.576. The second-order valence-corrected chi connectivity index (χ2v) is 7.82. The molecule has 0 atom stereocenters. The summed E-state index contributed by atoms with van der Waals surface area (Å²) in [4.78, 5) is 1.33. The number of aryl methyl sites for hydroxylation is 2. The zero-order chi connectivity index (χ0) is 15.8. The normalized spacial score (nSPS) is 14.5. The van der Waals surface area contributed by atoms with Crippen molar-refractivity contribution in [2.45, 2.75) is 50.1 Å². The molecule has 120 valence electrons. The Bertz CT molecular complexity index is 783. The van der Waals surface area contributed by atoms with Crippen molar-refractivity contribution in [2.24, 2.45) is 0 Å². The lowest BCUT2D eigenvalue weighted by atomic mass is 10.2. The van der Waals surface area contributed by atoms with Crippen LogP contribution in [0.25, 0.3) is 0 Å². The second kappa shape index (κ2) is 6.13. The Balaban J connectivity index is 1.55. The lowest BCUT2D eigenvalue weighted by Crippen LogP contribution is -2.03. The molecule has 0 saturated heterocycles. The summed E-state index contributed by atoms with van der Waals surface area (Å²) in [7, 11) is 0. The van der Waals surface area contributed by atoms with E-state index in [2.05, 4.69) is 37.4 Å². The van der Waals surface area contributed by atoms with Gasteiger partial charge in [-0.15, -0.1) is 21.5 Å². The van der Waals surface area contributed by atoms with Gasteiger partial charge in [0.05, 0.1) is 5.69 Å². The lowest BCUT2D eigenvalue weighted by molar-refractivity contribution is 0.392. The van der Waals surface area contributed by atoms with E-state index in [1.54, 1.807) is 23.1 Å². The van der Waals surface area contributed by atoms with Crippen LogP contribution in [0.4, 0.5) is 0 Å². The van der Waals surface area contributed by atoms with E-state index in [0.717, 1.165) is 34.6 Å². The first-order chi connectivity index (χ1) is 11.2. The molecule has 0 aromatic carbocycles. The van der Waals surface area contributed by atoms with Crippen LogP contribution < -0.4 is 0 Å². The molecule has 0 bridgehead atoms. The van der Waals surface area contributed by atoms with Gasteiger partial charge in [-0.25, -0.2) is 0 Å². The van der Waals surface area contributed by atoms with E-state index in [0.29, 0.717) is 6.04 Å². The molecule has 3 aromatic rings. The minimum atomic E-state index is 0.576. The Morgan fingerprint density at radius 1 is 1.35 bits per heavy atom. The fraction of sp³-hybridized carbons (Fsp3) is 0.438. The molecule has 0 spiro atoms. The number of hydrogen-bond acceptors (Lipinski definition) is 6. The Morgan fingerprint density at radius 2 is 2.22 bits per heavy atom. The van der Waals surface area contributed by atoms with Gasteiger partial charge in [0.1, 0.15) is 11.6 Å². The molecule has 0 unspecified atom stereocenters. The second-order valence-electron chi connectivity index (χ2n) is 5.85. The van der Waals surface area contributed by atoms with E-state index in [1.807, 2.05) is 13.8 Å². The first-order valence-electron chi connectivity index (χ1n) is 7.73. The number of thioether (sulfide) groups is 1. The van der Waals surface area contributed by atoms with Crippen molar-refractivity contribution in [3.8, 4) is 0 Å². The predicted molar refractivity (Wildman–Crippen MR) is 91.0 cm³/mol. The van der Waals surface area contributed by atoms with Crippen molar-refractivity contribution in [3.05, 3.63) is 45.2 Å². The van der Waals surface area contributed by atoms with Crippen molar-refractivity contribution in [3.63, 3.8) is 0 Å². The third kappa shape index (κ3) is 3.07. The monoisotopic (exact) mass is 346 g/mol. The Hall–Kier alpha value is -1.60. The first-order valence-corrected chi connectivity index (χ1v) is 9.59. The first kappa shape index (κ1) is 15.0. The summed E-state index contributed by atoms with van der Waals surface area (Å²) < 4.78 is 7.58. The van der Waals surface area contributed by atoms with Gasteiger partial charge in [0, 0.05) is 28.7 Å². The molecule has 0 N–H and O–H groups in total. The molecule has 4 rings (SSSR count). The van der Waals surface area contributed by atoms with Gasteiger partial charge in [-0.2, -0.15) is 0 Å². The van der Waals surface area contributed by atoms with Crippen molar-refractivity contribution < 1.29 is 4.52 Å². The Labute approximate surface area is 143 Å². The number of hydrogen-bond donors (Lipinski definition) is 0. The molecule has 5 nitrogen and oxygen atoms in total. The highest BCUT2D eigenvalue weighted by molar-refractivity contribution is 7.98. The molecular weight excluding hydrogens is 328 g/mol. The van der Waals surface area contributed by atoms with Gasteiger partial charge < -0.3 is 9.09 Å². The standard InChI is InChI=1S/C16H18N4OS2/c1-10-14(11(2)21-19-10)9-23-16-18-17-15(20(16)12-5-6-12)8-13-4-3-7-22-13/h3-4,7,12H,5-6,8-9H2,1-2H3. The van der Waals surface area contributed by atoms with Crippen LogP contribution >= 0.6 is 23.1 Å². The molecule has 1 aliphatic carbocycles. The molecule has 1 fully saturated rings. The number of nitrogens with zero attached hydrogens (tertiary/aromatic N) is 4. The highest BCUT2D eigenvalue weighted by Gasteiger charge is 2.30. The molecule has 7 heteroatoms. The summed E-state index contributed by atoms with van der Waals surface area (Å²) >= 11 is 3.50. The van der Waals surface area contributed by atoms with Crippen LogP contribution in [0.3, 0.4) is 0 Å². The van der Waals surface area contributed by atoms with E-state index in [4.69, 9.17) is 4.52 Å². The van der Waals surface area contributed by atoms with E-state index in [1.165, 1.54) is 23.3 Å². The third-order valence-electron chi connectivity index (χ3n) is 4.09. The van der Waals surface area contributed by atoms with Crippen LogP contribution in [0.5, 0.6) is 0 Å². The number of thiophene rings is 1. The highest BCUT2D eigenvalue weighted by atomic mass is 32.2. The van der Waals surface area contributed by atoms with Crippen LogP contribution in [-0.2, 0) is 12.2 Å². The van der Waals surface area contributed by atoms with Crippen LogP contribution in [0.2, 0.25) is 0 Å². The fourth-order valence-electron chi connectivity index (χ4n) is 2.64. The molecule has 23 heavy (non-hydrogen) atoms. The highest BCUT2D eigenvalue weighted by Crippen LogP contribution is 2.40. The molecule has 0 amide bonds. The topological polar surface area (TPSA) is 56.7 Å². The summed E-state index contributed by atoms with van der Waals surface area (Å²) in [6, 6.07) is 4.82. The van der Waals surface area contributed by atoms with Crippen molar-refractivity contribution in [2.75, 3.05) is 0 Å². The Kier molecular flexibility index (Phi) is 3.98. The van der Waals surface area contributed by atoms with E-state index in [-0.39, 0.29) is 0 Å². The minimum Gasteiger partial charge on any atom is -0.361 e. The summed E-state index contributed by atoms with van der Waals surface area (Å²) in [6.07, 6.45) is 3.33. The molecule has 3 aromatic heterocycles. The molecule has 1 saturated carbocycles. The van der Waals surface area contributed by atoms with Crippen LogP contribution in [0.15, 0.2) is 27.2 Å². The lowest BCUT2D eigenvalue weighted by Gasteiger charge is -2.08. The SMILES string of the molecule is Cc1noc(C)c1CSc1nnc(Cc2cccs2)n1C1CC1. The predicted octanol–water partition coefficient (Wildman–Crippen LogP) is 4.16. The molecule has 0 aliphatic heterocycles. The maximum atomic E-state index is 5.24. The summed E-state index contributed by atoms with van der Waals surface area (Å²) in [6.45, 7) is 3.95. The molecular formula is C16H18N4OS2. The third-order valence-corrected chi connectivity index (χ3v) is 5.93. The maximum absolute atomic E-state index is 5.24. The largest absolute Gasteiger partial charge is 0.361 e. The average Bonchev–Trinajstić information content (AvgIpc) is 2.95. The van der Waals surface area contributed by atoms with Crippen molar-refractivity contribution in [1.82, 2.24) is 19.9 Å². The van der Waals surface area contributed by atoms with Gasteiger partial charge in [-0.1, -0.05) is 23.0 Å². The maximum Gasteiger partial charge on any atom is 0.191 e. The van der Waals surface area contributed by atoms with Gasteiger partial charge in [0.15, 0.2) is 5.16 Å². The van der Waals surface area contributed by atoms with E-state index >= 15 is 0 Å².